The van der Waals surface area contributed by atoms with E-state index in [0.29, 0.717) is 6.54 Å². The molecule has 0 bridgehead atoms. The van der Waals surface area contributed by atoms with Crippen LogP contribution in [0.25, 0.3) is 0 Å². The first kappa shape index (κ1) is 13.9. The van der Waals surface area contributed by atoms with Gasteiger partial charge in [0.2, 0.25) is 0 Å². The van der Waals surface area contributed by atoms with E-state index in [1.807, 2.05) is 18.9 Å². The molecule has 96 valence electrons. The standard InChI is InChI=1S/C13H21FN2O/c1-9(15)11-7-10(14)5-6-12(11)16(4)8-13(2,3)17/h5-7,9,17H,8,15H2,1-4H3. The summed E-state index contributed by atoms with van der Waals surface area (Å²) >= 11 is 0. The van der Waals surface area contributed by atoms with Gasteiger partial charge in [-0.05, 0) is 44.5 Å². The normalized spacial score (nSPS) is 13.6. The van der Waals surface area contributed by atoms with Gasteiger partial charge in [-0.1, -0.05) is 0 Å². The first-order valence-electron chi connectivity index (χ1n) is 5.69. The van der Waals surface area contributed by atoms with Crippen molar-refractivity contribution in [1.29, 1.82) is 0 Å². The van der Waals surface area contributed by atoms with Crippen molar-refractivity contribution in [3.63, 3.8) is 0 Å². The third-order valence-corrected chi connectivity index (χ3v) is 2.52. The molecule has 0 heterocycles. The topological polar surface area (TPSA) is 49.5 Å². The highest BCUT2D eigenvalue weighted by Gasteiger charge is 2.19. The van der Waals surface area contributed by atoms with E-state index in [9.17, 15) is 9.50 Å². The van der Waals surface area contributed by atoms with E-state index in [1.165, 1.54) is 12.1 Å². The highest BCUT2D eigenvalue weighted by atomic mass is 19.1. The summed E-state index contributed by atoms with van der Waals surface area (Å²) in [5, 5.41) is 9.79. The Morgan fingerprint density at radius 3 is 2.53 bits per heavy atom. The Bertz CT molecular complexity index is 385. The van der Waals surface area contributed by atoms with E-state index in [0.717, 1.165) is 11.3 Å². The Morgan fingerprint density at radius 2 is 2.06 bits per heavy atom. The highest BCUT2D eigenvalue weighted by Crippen LogP contribution is 2.26. The van der Waals surface area contributed by atoms with E-state index in [4.69, 9.17) is 5.73 Å². The van der Waals surface area contributed by atoms with Gasteiger partial charge in [-0.2, -0.15) is 0 Å². The molecule has 0 aliphatic heterocycles. The summed E-state index contributed by atoms with van der Waals surface area (Å²) in [5.41, 5.74) is 6.62. The van der Waals surface area contributed by atoms with Crippen LogP contribution in [0.5, 0.6) is 0 Å². The van der Waals surface area contributed by atoms with Gasteiger partial charge in [0.05, 0.1) is 5.60 Å². The van der Waals surface area contributed by atoms with Crippen LogP contribution in [-0.2, 0) is 0 Å². The average molecular weight is 240 g/mol. The van der Waals surface area contributed by atoms with Gasteiger partial charge in [0.15, 0.2) is 0 Å². The number of likely N-dealkylation sites (N-methyl/N-ethyl adjacent to an activating group) is 1. The maximum Gasteiger partial charge on any atom is 0.123 e. The molecule has 0 saturated carbocycles. The molecule has 0 aromatic heterocycles. The van der Waals surface area contributed by atoms with Crippen LogP contribution in [0.4, 0.5) is 10.1 Å². The molecule has 0 radical (unpaired) electrons. The third kappa shape index (κ3) is 3.98. The highest BCUT2D eigenvalue weighted by molar-refractivity contribution is 5.54. The minimum absolute atomic E-state index is 0.245. The summed E-state index contributed by atoms with van der Waals surface area (Å²) in [6.07, 6.45) is 0. The monoisotopic (exact) mass is 240 g/mol. The Labute approximate surface area is 102 Å². The van der Waals surface area contributed by atoms with E-state index in [2.05, 4.69) is 0 Å². The molecular weight excluding hydrogens is 219 g/mol. The first-order valence-corrected chi connectivity index (χ1v) is 5.69. The van der Waals surface area contributed by atoms with Gasteiger partial charge in [0, 0.05) is 25.3 Å². The van der Waals surface area contributed by atoms with Crippen LogP contribution in [0.1, 0.15) is 32.4 Å². The molecule has 0 spiro atoms. The zero-order valence-electron chi connectivity index (χ0n) is 10.9. The number of anilines is 1. The van der Waals surface area contributed by atoms with Crippen molar-refractivity contribution in [2.24, 2.45) is 5.73 Å². The number of halogens is 1. The Hall–Kier alpha value is -1.13. The molecule has 17 heavy (non-hydrogen) atoms. The predicted octanol–water partition coefficient (Wildman–Crippen LogP) is 2.05. The molecule has 0 aliphatic carbocycles. The molecular formula is C13H21FN2O. The van der Waals surface area contributed by atoms with Gasteiger partial charge >= 0.3 is 0 Å². The molecule has 1 aromatic carbocycles. The van der Waals surface area contributed by atoms with Gasteiger partial charge in [-0.15, -0.1) is 0 Å². The Kier molecular flexibility index (Phi) is 4.11. The van der Waals surface area contributed by atoms with Crippen molar-refractivity contribution >= 4 is 5.69 Å². The van der Waals surface area contributed by atoms with Gasteiger partial charge in [-0.25, -0.2) is 4.39 Å². The van der Waals surface area contributed by atoms with Crippen molar-refractivity contribution in [2.45, 2.75) is 32.4 Å². The fourth-order valence-electron chi connectivity index (χ4n) is 1.90. The number of hydrogen-bond donors (Lipinski definition) is 2. The summed E-state index contributed by atoms with van der Waals surface area (Å²) in [5.74, 6) is -0.294. The van der Waals surface area contributed by atoms with Crippen LogP contribution in [0, 0.1) is 5.82 Å². The van der Waals surface area contributed by atoms with Crippen LogP contribution < -0.4 is 10.6 Å². The van der Waals surface area contributed by atoms with Crippen molar-refractivity contribution in [1.82, 2.24) is 0 Å². The van der Waals surface area contributed by atoms with Gasteiger partial charge < -0.3 is 15.7 Å². The second-order valence-electron chi connectivity index (χ2n) is 5.16. The minimum atomic E-state index is -0.807. The molecule has 0 aliphatic rings. The molecule has 4 heteroatoms. The maximum atomic E-state index is 13.2. The number of benzene rings is 1. The first-order chi connectivity index (χ1) is 7.70. The van der Waals surface area contributed by atoms with Crippen molar-refractivity contribution in [3.05, 3.63) is 29.6 Å². The maximum absolute atomic E-state index is 13.2. The minimum Gasteiger partial charge on any atom is -0.389 e. The summed E-state index contributed by atoms with van der Waals surface area (Å²) in [6.45, 7) is 5.74. The predicted molar refractivity (Wildman–Crippen MR) is 68.6 cm³/mol. The van der Waals surface area contributed by atoms with E-state index in [1.54, 1.807) is 19.9 Å². The second kappa shape index (κ2) is 5.02. The quantitative estimate of drug-likeness (QED) is 0.847. The molecule has 1 unspecified atom stereocenters. The summed E-state index contributed by atoms with van der Waals surface area (Å²) in [4.78, 5) is 1.89. The van der Waals surface area contributed by atoms with Crippen LogP contribution in [0.3, 0.4) is 0 Å². The lowest BCUT2D eigenvalue weighted by molar-refractivity contribution is 0.0886. The average Bonchev–Trinajstić information content (AvgIpc) is 2.14. The van der Waals surface area contributed by atoms with E-state index in [-0.39, 0.29) is 11.9 Å². The molecule has 0 amide bonds. The zero-order chi connectivity index (χ0) is 13.2. The molecule has 1 rings (SSSR count). The molecule has 3 N–H and O–H groups in total. The number of hydrogen-bond acceptors (Lipinski definition) is 3. The fraction of sp³-hybridized carbons (Fsp3) is 0.538. The van der Waals surface area contributed by atoms with E-state index < -0.39 is 5.60 Å². The van der Waals surface area contributed by atoms with Crippen LogP contribution in [-0.4, -0.2) is 24.3 Å². The lowest BCUT2D eigenvalue weighted by Gasteiger charge is -2.29. The number of rotatable bonds is 4. The van der Waals surface area contributed by atoms with Crippen LogP contribution in [0.15, 0.2) is 18.2 Å². The van der Waals surface area contributed by atoms with Crippen molar-refractivity contribution in [3.8, 4) is 0 Å². The molecule has 0 fully saturated rings. The largest absolute Gasteiger partial charge is 0.389 e. The van der Waals surface area contributed by atoms with Crippen molar-refractivity contribution < 1.29 is 9.50 Å². The lowest BCUT2D eigenvalue weighted by Crippen LogP contribution is -2.37. The second-order valence-corrected chi connectivity index (χ2v) is 5.16. The van der Waals surface area contributed by atoms with Crippen LogP contribution >= 0.6 is 0 Å². The zero-order valence-corrected chi connectivity index (χ0v) is 10.9. The smallest absolute Gasteiger partial charge is 0.123 e. The summed E-state index contributed by atoms with van der Waals surface area (Å²) < 4.78 is 13.2. The summed E-state index contributed by atoms with van der Waals surface area (Å²) in [7, 11) is 1.86. The van der Waals surface area contributed by atoms with Gasteiger partial charge in [0.1, 0.15) is 5.82 Å². The third-order valence-electron chi connectivity index (χ3n) is 2.52. The number of aliphatic hydroxyl groups is 1. The lowest BCUT2D eigenvalue weighted by atomic mass is 10.0. The number of nitrogens with two attached hydrogens (primary N) is 1. The van der Waals surface area contributed by atoms with Crippen LogP contribution in [0.2, 0.25) is 0 Å². The van der Waals surface area contributed by atoms with Gasteiger partial charge in [-0.3, -0.25) is 0 Å². The molecule has 1 atom stereocenters. The fourth-order valence-corrected chi connectivity index (χ4v) is 1.90. The van der Waals surface area contributed by atoms with Crippen molar-refractivity contribution in [2.75, 3.05) is 18.5 Å². The molecule has 1 aromatic rings. The Morgan fingerprint density at radius 1 is 1.47 bits per heavy atom. The van der Waals surface area contributed by atoms with E-state index >= 15 is 0 Å². The summed E-state index contributed by atoms with van der Waals surface area (Å²) in [6, 6.07) is 4.30. The Balaban J connectivity index is 3.04. The SMILES string of the molecule is CC(N)c1cc(F)ccc1N(C)CC(C)(C)O. The number of nitrogens with zero attached hydrogens (tertiary/aromatic N) is 1. The molecule has 0 saturated heterocycles. The van der Waals surface area contributed by atoms with Gasteiger partial charge in [0.25, 0.3) is 0 Å². The molecule has 3 nitrogen and oxygen atoms in total.